The number of amides is 2. The Balaban J connectivity index is 1.92. The fourth-order valence-electron chi connectivity index (χ4n) is 4.38. The molecule has 0 aromatic heterocycles. The predicted octanol–water partition coefficient (Wildman–Crippen LogP) is 5.74. The molecule has 3 rings (SSSR count). The summed E-state index contributed by atoms with van der Waals surface area (Å²) in [6.07, 6.45) is 6.02. The Morgan fingerprint density at radius 3 is 2.32 bits per heavy atom. The minimum Gasteiger partial charge on any atom is -0.460 e. The maximum absolute atomic E-state index is 13.3. The first-order chi connectivity index (χ1) is 16.4. The SMILES string of the molecule is C=C(C)C(=O)OCCN(CCCC)c1ccc2c3c(cccc13)C(=O)N(CCCCCC)C2=O. The van der Waals surface area contributed by atoms with Crippen LogP contribution >= 0.6 is 0 Å². The van der Waals surface area contributed by atoms with Gasteiger partial charge < -0.3 is 9.64 Å². The molecule has 2 amide bonds. The summed E-state index contributed by atoms with van der Waals surface area (Å²) in [6.45, 7) is 11.5. The number of esters is 1. The summed E-state index contributed by atoms with van der Waals surface area (Å²) in [5.41, 5.74) is 2.47. The molecule has 2 aromatic rings. The molecule has 0 saturated carbocycles. The van der Waals surface area contributed by atoms with Crippen LogP contribution in [0.4, 0.5) is 5.69 Å². The highest BCUT2D eigenvalue weighted by Crippen LogP contribution is 2.36. The van der Waals surface area contributed by atoms with Crippen LogP contribution in [-0.2, 0) is 9.53 Å². The third-order valence-electron chi connectivity index (χ3n) is 6.27. The Morgan fingerprint density at radius 1 is 0.941 bits per heavy atom. The van der Waals surface area contributed by atoms with Gasteiger partial charge in [-0.3, -0.25) is 14.5 Å². The van der Waals surface area contributed by atoms with Crippen LogP contribution < -0.4 is 4.90 Å². The molecule has 0 fully saturated rings. The number of hydrogen-bond donors (Lipinski definition) is 0. The summed E-state index contributed by atoms with van der Waals surface area (Å²) in [5.74, 6) is -0.831. The fraction of sp³-hybridized carbons (Fsp3) is 0.464. The van der Waals surface area contributed by atoms with Crippen LogP contribution in [0.5, 0.6) is 0 Å². The van der Waals surface area contributed by atoms with Gasteiger partial charge >= 0.3 is 5.97 Å². The number of ether oxygens (including phenoxy) is 1. The van der Waals surface area contributed by atoms with Gasteiger partial charge in [-0.1, -0.05) is 58.2 Å². The third kappa shape index (κ3) is 5.49. The molecule has 6 heteroatoms. The summed E-state index contributed by atoms with van der Waals surface area (Å²) in [7, 11) is 0. The lowest BCUT2D eigenvalue weighted by Crippen LogP contribution is -2.41. The van der Waals surface area contributed by atoms with Gasteiger partial charge in [0.2, 0.25) is 0 Å². The van der Waals surface area contributed by atoms with E-state index < -0.39 is 5.97 Å². The molecule has 0 atom stereocenters. The van der Waals surface area contributed by atoms with Gasteiger partial charge in [0.25, 0.3) is 11.8 Å². The zero-order valence-corrected chi connectivity index (χ0v) is 20.7. The molecule has 0 unspecified atom stereocenters. The number of unbranched alkanes of at least 4 members (excludes halogenated alkanes) is 4. The first kappa shape index (κ1) is 25.5. The Morgan fingerprint density at radius 2 is 1.65 bits per heavy atom. The van der Waals surface area contributed by atoms with E-state index in [0.29, 0.717) is 29.8 Å². The van der Waals surface area contributed by atoms with Crippen molar-refractivity contribution in [2.75, 3.05) is 31.1 Å². The highest BCUT2D eigenvalue weighted by atomic mass is 16.5. The molecule has 1 heterocycles. The molecule has 0 radical (unpaired) electrons. The molecule has 182 valence electrons. The first-order valence-corrected chi connectivity index (χ1v) is 12.4. The van der Waals surface area contributed by atoms with E-state index in [0.717, 1.165) is 61.5 Å². The number of carbonyl (C=O) groups is 3. The Bertz CT molecular complexity index is 1050. The molecule has 0 spiro atoms. The van der Waals surface area contributed by atoms with Crippen molar-refractivity contribution in [3.8, 4) is 0 Å². The van der Waals surface area contributed by atoms with E-state index in [1.54, 1.807) is 6.92 Å². The molecular formula is C28H36N2O4. The highest BCUT2D eigenvalue weighted by Gasteiger charge is 2.33. The van der Waals surface area contributed by atoms with Crippen LogP contribution in [0.15, 0.2) is 42.5 Å². The summed E-state index contributed by atoms with van der Waals surface area (Å²) >= 11 is 0. The Hall–Kier alpha value is -3.15. The minimum atomic E-state index is -0.400. The molecule has 0 N–H and O–H groups in total. The Labute approximate surface area is 202 Å². The number of carbonyl (C=O) groups excluding carboxylic acids is 3. The topological polar surface area (TPSA) is 66.9 Å². The van der Waals surface area contributed by atoms with Crippen LogP contribution in [0.2, 0.25) is 0 Å². The monoisotopic (exact) mass is 464 g/mol. The number of nitrogens with zero attached hydrogens (tertiary/aromatic N) is 2. The van der Waals surface area contributed by atoms with Gasteiger partial charge in [0.05, 0.1) is 6.54 Å². The van der Waals surface area contributed by atoms with E-state index in [4.69, 9.17) is 4.74 Å². The Kier molecular flexibility index (Phi) is 8.85. The smallest absolute Gasteiger partial charge is 0.333 e. The van der Waals surface area contributed by atoms with Gasteiger partial charge in [-0.15, -0.1) is 0 Å². The summed E-state index contributed by atoms with van der Waals surface area (Å²) in [4.78, 5) is 41.9. The van der Waals surface area contributed by atoms with Crippen LogP contribution in [0, 0.1) is 0 Å². The van der Waals surface area contributed by atoms with E-state index in [9.17, 15) is 14.4 Å². The molecule has 0 saturated heterocycles. The van der Waals surface area contributed by atoms with Crippen molar-refractivity contribution in [2.45, 2.75) is 59.3 Å². The largest absolute Gasteiger partial charge is 0.460 e. The normalized spacial score (nSPS) is 12.9. The molecular weight excluding hydrogens is 428 g/mol. The molecule has 1 aliphatic rings. The van der Waals surface area contributed by atoms with Gasteiger partial charge in [0.1, 0.15) is 6.61 Å². The minimum absolute atomic E-state index is 0.216. The number of imide groups is 1. The van der Waals surface area contributed by atoms with Crippen molar-refractivity contribution in [3.05, 3.63) is 53.6 Å². The lowest BCUT2D eigenvalue weighted by Gasteiger charge is -2.30. The van der Waals surface area contributed by atoms with Crippen molar-refractivity contribution in [3.63, 3.8) is 0 Å². The second-order valence-corrected chi connectivity index (χ2v) is 8.94. The maximum Gasteiger partial charge on any atom is 0.333 e. The highest BCUT2D eigenvalue weighted by molar-refractivity contribution is 6.26. The lowest BCUT2D eigenvalue weighted by atomic mass is 9.92. The zero-order chi connectivity index (χ0) is 24.7. The number of anilines is 1. The van der Waals surface area contributed by atoms with Gasteiger partial charge in [-0.25, -0.2) is 4.79 Å². The first-order valence-electron chi connectivity index (χ1n) is 12.4. The van der Waals surface area contributed by atoms with E-state index in [-0.39, 0.29) is 18.4 Å². The molecule has 1 aliphatic heterocycles. The van der Waals surface area contributed by atoms with Crippen LogP contribution in [0.1, 0.15) is 80.0 Å². The van der Waals surface area contributed by atoms with Crippen molar-refractivity contribution >= 4 is 34.2 Å². The van der Waals surface area contributed by atoms with Gasteiger partial charge in [0, 0.05) is 46.2 Å². The predicted molar refractivity (Wildman–Crippen MR) is 136 cm³/mol. The number of rotatable bonds is 13. The standard InChI is InChI=1S/C28H36N2O4/c1-5-7-9-10-17-30-26(31)22-13-11-12-21-24(15-14-23(25(21)22)27(30)32)29(16-8-6-2)18-19-34-28(33)20(3)4/h11-15H,3,5-10,16-19H2,1-2,4H3. The summed E-state index contributed by atoms with van der Waals surface area (Å²) < 4.78 is 5.34. The van der Waals surface area contributed by atoms with Crippen molar-refractivity contribution in [2.24, 2.45) is 0 Å². The molecule has 34 heavy (non-hydrogen) atoms. The second kappa shape index (κ2) is 11.8. The van der Waals surface area contributed by atoms with E-state index in [1.165, 1.54) is 4.90 Å². The third-order valence-corrected chi connectivity index (χ3v) is 6.27. The van der Waals surface area contributed by atoms with Gasteiger partial charge in [-0.2, -0.15) is 0 Å². The van der Waals surface area contributed by atoms with Gasteiger partial charge in [-0.05, 0) is 38.0 Å². The maximum atomic E-state index is 13.3. The summed E-state index contributed by atoms with van der Waals surface area (Å²) in [5, 5.41) is 1.60. The average molecular weight is 465 g/mol. The van der Waals surface area contributed by atoms with E-state index >= 15 is 0 Å². The van der Waals surface area contributed by atoms with Crippen LogP contribution in [0.3, 0.4) is 0 Å². The second-order valence-electron chi connectivity index (χ2n) is 8.94. The molecule has 0 bridgehead atoms. The van der Waals surface area contributed by atoms with Gasteiger partial charge in [0.15, 0.2) is 0 Å². The number of benzene rings is 2. The summed E-state index contributed by atoms with van der Waals surface area (Å²) in [6, 6.07) is 9.46. The molecule has 2 aromatic carbocycles. The van der Waals surface area contributed by atoms with Crippen molar-refractivity contribution < 1.29 is 19.1 Å². The van der Waals surface area contributed by atoms with E-state index in [2.05, 4.69) is 25.3 Å². The lowest BCUT2D eigenvalue weighted by molar-refractivity contribution is -0.138. The van der Waals surface area contributed by atoms with E-state index in [1.807, 2.05) is 30.3 Å². The quantitative estimate of drug-likeness (QED) is 0.164. The molecule has 6 nitrogen and oxygen atoms in total. The average Bonchev–Trinajstić information content (AvgIpc) is 2.83. The zero-order valence-electron chi connectivity index (χ0n) is 20.7. The van der Waals surface area contributed by atoms with Crippen LogP contribution in [-0.4, -0.2) is 48.9 Å². The van der Waals surface area contributed by atoms with Crippen LogP contribution in [0.25, 0.3) is 10.8 Å². The molecule has 0 aliphatic carbocycles. The van der Waals surface area contributed by atoms with Crippen molar-refractivity contribution in [1.82, 2.24) is 4.90 Å². The number of hydrogen-bond acceptors (Lipinski definition) is 5. The fourth-order valence-corrected chi connectivity index (χ4v) is 4.38. The van der Waals surface area contributed by atoms with Crippen molar-refractivity contribution in [1.29, 1.82) is 0 Å².